The number of aliphatic hydroxyl groups is 1. The molecule has 0 bridgehead atoms. The van der Waals surface area contributed by atoms with Crippen LogP contribution in [0.3, 0.4) is 0 Å². The highest BCUT2D eigenvalue weighted by Gasteiger charge is 2.25. The van der Waals surface area contributed by atoms with Crippen LogP contribution in [0.25, 0.3) is 0 Å². The molecular formula is C23H29F2N3O5. The van der Waals surface area contributed by atoms with Gasteiger partial charge >= 0.3 is 0 Å². The topological polar surface area (TPSA) is 112 Å². The molecule has 10 heteroatoms. The van der Waals surface area contributed by atoms with Crippen LogP contribution in [0, 0.1) is 11.6 Å². The van der Waals surface area contributed by atoms with Gasteiger partial charge in [-0.05, 0) is 39.4 Å². The number of aliphatic hydroxyl groups excluding tert-OH is 1. The first-order valence-corrected chi connectivity index (χ1v) is 10.7. The number of rotatable bonds is 5. The number of likely N-dealkylation sites (N-methyl/N-ethyl adjacent to an activating group) is 1. The van der Waals surface area contributed by atoms with Gasteiger partial charge in [-0.15, -0.1) is 0 Å². The van der Waals surface area contributed by atoms with E-state index in [9.17, 15) is 28.3 Å². The summed E-state index contributed by atoms with van der Waals surface area (Å²) in [6.07, 6.45) is 4.26. The van der Waals surface area contributed by atoms with E-state index >= 15 is 0 Å². The molecule has 1 aliphatic rings. The second-order valence-corrected chi connectivity index (χ2v) is 7.78. The maximum atomic E-state index is 13.8. The van der Waals surface area contributed by atoms with Crippen molar-refractivity contribution in [2.45, 2.75) is 38.8 Å². The van der Waals surface area contributed by atoms with E-state index in [0.717, 1.165) is 31.9 Å². The number of hydrogen-bond acceptors (Lipinski definition) is 6. The highest BCUT2D eigenvalue weighted by Crippen LogP contribution is 2.24. The normalized spacial score (nSPS) is 16.3. The zero-order chi connectivity index (χ0) is 24.5. The van der Waals surface area contributed by atoms with Crippen LogP contribution in [0.5, 0.6) is 5.75 Å². The Kier molecular flexibility index (Phi) is 9.68. The average molecular weight is 465 g/mol. The molecule has 3 rings (SSSR count). The van der Waals surface area contributed by atoms with E-state index < -0.39 is 28.7 Å². The molecule has 1 unspecified atom stereocenters. The van der Waals surface area contributed by atoms with E-state index in [1.807, 2.05) is 7.05 Å². The van der Waals surface area contributed by atoms with Gasteiger partial charge < -0.3 is 25.0 Å². The minimum atomic E-state index is -0.979. The summed E-state index contributed by atoms with van der Waals surface area (Å²) in [5, 5.41) is 20.3. The Morgan fingerprint density at radius 1 is 1.30 bits per heavy atom. The summed E-state index contributed by atoms with van der Waals surface area (Å²) in [6, 6.07) is 2.75. The maximum Gasteiger partial charge on any atom is 0.257 e. The molecule has 1 aliphatic heterocycles. The van der Waals surface area contributed by atoms with Crippen molar-refractivity contribution < 1.29 is 28.6 Å². The summed E-state index contributed by atoms with van der Waals surface area (Å²) in [5.41, 5.74) is -1.47. The molecule has 0 radical (unpaired) electrons. The first-order chi connectivity index (χ1) is 15.7. The Hall–Kier alpha value is -3.11. The lowest BCUT2D eigenvalue weighted by molar-refractivity contribution is 0.0946. The molecule has 3 N–H and O–H groups in total. The number of benzene rings is 1. The van der Waals surface area contributed by atoms with Gasteiger partial charge in [0.1, 0.15) is 22.9 Å². The maximum absolute atomic E-state index is 13.8. The molecule has 0 aliphatic carbocycles. The number of aromatic hydroxyl groups is 1. The molecule has 1 saturated heterocycles. The van der Waals surface area contributed by atoms with Crippen molar-refractivity contribution in [2.75, 3.05) is 26.7 Å². The smallest absolute Gasteiger partial charge is 0.257 e. The van der Waals surface area contributed by atoms with Gasteiger partial charge in [-0.25, -0.2) is 8.78 Å². The summed E-state index contributed by atoms with van der Waals surface area (Å²) < 4.78 is 28.3. The number of nitrogens with one attached hydrogen (secondary N) is 1. The van der Waals surface area contributed by atoms with Gasteiger partial charge in [0.25, 0.3) is 5.91 Å². The van der Waals surface area contributed by atoms with Crippen molar-refractivity contribution >= 4 is 12.2 Å². The number of aldehydes is 1. The molecule has 180 valence electrons. The van der Waals surface area contributed by atoms with Gasteiger partial charge in [0.05, 0.1) is 0 Å². The third-order valence-corrected chi connectivity index (χ3v) is 5.30. The van der Waals surface area contributed by atoms with Gasteiger partial charge in [-0.3, -0.25) is 14.4 Å². The van der Waals surface area contributed by atoms with E-state index in [2.05, 4.69) is 10.2 Å². The lowest BCUT2D eigenvalue weighted by Gasteiger charge is -2.25. The fraction of sp³-hybridized carbons (Fsp3) is 0.435. The zero-order valence-corrected chi connectivity index (χ0v) is 18.7. The van der Waals surface area contributed by atoms with E-state index in [-0.39, 0.29) is 36.0 Å². The minimum Gasteiger partial charge on any atom is -0.503 e. The second kappa shape index (κ2) is 12.2. The molecule has 1 aromatic carbocycles. The first kappa shape index (κ1) is 26.1. The van der Waals surface area contributed by atoms with Crippen LogP contribution in [0.2, 0.25) is 0 Å². The highest BCUT2D eigenvalue weighted by molar-refractivity contribution is 5.95. The molecule has 0 saturated carbocycles. The summed E-state index contributed by atoms with van der Waals surface area (Å²) in [4.78, 5) is 38.7. The van der Waals surface area contributed by atoms with E-state index in [1.54, 1.807) is 6.92 Å². The molecule has 33 heavy (non-hydrogen) atoms. The predicted octanol–water partition coefficient (Wildman–Crippen LogP) is 2.23. The summed E-state index contributed by atoms with van der Waals surface area (Å²) in [7, 11) is 1.94. The standard InChI is InChI=1S/C21H23F2N3O4.C2H6O/c1-25-7-3-2-4-15(10-25)26-11-16(19(28)20(29)18(26)12-27)21(30)24-9-13-5-6-14(22)8-17(13)23;1-2-3/h5-6,8,11-12,15,29H,2-4,7,9-10H2,1H3,(H,24,30);3H,2H2,1H3. The molecule has 2 heterocycles. The molecular weight excluding hydrogens is 436 g/mol. The molecule has 1 aromatic heterocycles. The van der Waals surface area contributed by atoms with Gasteiger partial charge in [-0.2, -0.15) is 0 Å². The van der Waals surface area contributed by atoms with Crippen molar-refractivity contribution in [3.05, 3.63) is 63.1 Å². The van der Waals surface area contributed by atoms with Crippen molar-refractivity contribution in [3.63, 3.8) is 0 Å². The van der Waals surface area contributed by atoms with Gasteiger partial charge in [0.2, 0.25) is 5.43 Å². The summed E-state index contributed by atoms with van der Waals surface area (Å²) in [6.45, 7) is 3.13. The molecule has 8 nitrogen and oxygen atoms in total. The molecule has 0 spiro atoms. The van der Waals surface area contributed by atoms with Crippen molar-refractivity contribution in [3.8, 4) is 5.75 Å². The number of pyridine rings is 1. The highest BCUT2D eigenvalue weighted by atomic mass is 19.1. The van der Waals surface area contributed by atoms with Crippen LogP contribution in [-0.4, -0.2) is 58.6 Å². The number of amides is 1. The Balaban J connectivity index is 0.00000122. The monoisotopic (exact) mass is 465 g/mol. The predicted molar refractivity (Wildman–Crippen MR) is 118 cm³/mol. The Morgan fingerprint density at radius 3 is 2.64 bits per heavy atom. The second-order valence-electron chi connectivity index (χ2n) is 7.78. The quantitative estimate of drug-likeness (QED) is 0.584. The summed E-state index contributed by atoms with van der Waals surface area (Å²) >= 11 is 0. The zero-order valence-electron chi connectivity index (χ0n) is 18.7. The number of halogens is 2. The lowest BCUT2D eigenvalue weighted by atomic mass is 10.1. The first-order valence-electron chi connectivity index (χ1n) is 10.7. The number of nitrogens with zero attached hydrogens (tertiary/aromatic N) is 2. The molecule has 2 aromatic rings. The SMILES string of the molecule is CCO.CN1CCCCC(n2cc(C(=O)NCc3ccc(F)cc3F)c(=O)c(O)c2C=O)C1. The van der Waals surface area contributed by atoms with Crippen LogP contribution in [-0.2, 0) is 6.54 Å². The number of likely N-dealkylation sites (tertiary alicyclic amines) is 1. The third kappa shape index (κ3) is 6.69. The van der Waals surface area contributed by atoms with Gasteiger partial charge in [-0.1, -0.05) is 12.5 Å². The van der Waals surface area contributed by atoms with Crippen LogP contribution < -0.4 is 10.7 Å². The van der Waals surface area contributed by atoms with Crippen LogP contribution in [0.15, 0.2) is 29.2 Å². The van der Waals surface area contributed by atoms with E-state index in [1.165, 1.54) is 16.8 Å². The molecule has 1 fully saturated rings. The van der Waals surface area contributed by atoms with Gasteiger partial charge in [0, 0.05) is 43.6 Å². The Labute approximate surface area is 190 Å². The van der Waals surface area contributed by atoms with E-state index in [0.29, 0.717) is 18.9 Å². The number of carbonyl (C=O) groups is 2. The van der Waals surface area contributed by atoms with E-state index in [4.69, 9.17) is 5.11 Å². The summed E-state index contributed by atoms with van der Waals surface area (Å²) in [5.74, 6) is -3.19. The minimum absolute atomic E-state index is 0.0456. The van der Waals surface area contributed by atoms with Crippen LogP contribution >= 0.6 is 0 Å². The number of hydrogen-bond donors (Lipinski definition) is 3. The average Bonchev–Trinajstić information content (AvgIpc) is 2.99. The van der Waals surface area contributed by atoms with Crippen LogP contribution in [0.1, 0.15) is 58.6 Å². The Morgan fingerprint density at radius 2 is 2.00 bits per heavy atom. The van der Waals surface area contributed by atoms with Crippen molar-refractivity contribution in [1.82, 2.24) is 14.8 Å². The fourth-order valence-electron chi connectivity index (χ4n) is 3.68. The molecule has 1 atom stereocenters. The van der Waals surface area contributed by atoms with Crippen LogP contribution in [0.4, 0.5) is 8.78 Å². The van der Waals surface area contributed by atoms with Crippen molar-refractivity contribution in [1.29, 1.82) is 0 Å². The molecule has 1 amide bonds. The fourth-order valence-corrected chi connectivity index (χ4v) is 3.68. The van der Waals surface area contributed by atoms with Crippen molar-refractivity contribution in [2.24, 2.45) is 0 Å². The Bertz CT molecular complexity index is 1040. The third-order valence-electron chi connectivity index (χ3n) is 5.30. The number of carbonyl (C=O) groups excluding carboxylic acids is 2. The number of aromatic nitrogens is 1. The lowest BCUT2D eigenvalue weighted by Crippen LogP contribution is -2.33. The van der Waals surface area contributed by atoms with Gasteiger partial charge in [0.15, 0.2) is 12.0 Å². The largest absolute Gasteiger partial charge is 0.503 e.